The van der Waals surface area contributed by atoms with Crippen molar-refractivity contribution in [2.45, 2.75) is 51.9 Å². The van der Waals surface area contributed by atoms with E-state index in [-0.39, 0.29) is 0 Å². The molecule has 0 aromatic carbocycles. The first kappa shape index (κ1) is 8.08. The maximum Gasteiger partial charge on any atom is -0.000870 e. The van der Waals surface area contributed by atoms with Crippen LogP contribution in [0.3, 0.4) is 0 Å². The van der Waals surface area contributed by atoms with E-state index in [1.165, 1.54) is 44.9 Å². The molecule has 0 unspecified atom stereocenters. The van der Waals surface area contributed by atoms with Gasteiger partial charge in [0.1, 0.15) is 0 Å². The molecule has 0 saturated heterocycles. The summed E-state index contributed by atoms with van der Waals surface area (Å²) >= 11 is 0. The van der Waals surface area contributed by atoms with Crippen LogP contribution in [0.1, 0.15) is 51.9 Å². The Balaban J connectivity index is 2.15. The maximum atomic E-state index is 4.38. The predicted molar refractivity (Wildman–Crippen MR) is 55.5 cm³/mol. The normalized spacial score (nSPS) is 53.9. The average Bonchev–Trinajstić information content (AvgIpc) is 2.67. The molecule has 0 heteroatoms. The van der Waals surface area contributed by atoms with Crippen LogP contribution in [0.15, 0.2) is 12.2 Å². The summed E-state index contributed by atoms with van der Waals surface area (Å²) in [5, 5.41) is 0. The highest BCUT2D eigenvalue weighted by molar-refractivity contribution is 5.29. The summed E-state index contributed by atoms with van der Waals surface area (Å²) in [6.45, 7) is 6.85. The van der Waals surface area contributed by atoms with E-state index in [0.29, 0.717) is 5.41 Å². The SMILES string of the molecule is C=C1CC[C@]23CCC[C@@]12[C@H](C)CC3. The molecule has 0 radical (unpaired) electrons. The van der Waals surface area contributed by atoms with E-state index in [2.05, 4.69) is 13.5 Å². The van der Waals surface area contributed by atoms with Crippen LogP contribution < -0.4 is 0 Å². The third-order valence-corrected chi connectivity index (χ3v) is 5.61. The van der Waals surface area contributed by atoms with Crippen LogP contribution in [0.2, 0.25) is 0 Å². The Morgan fingerprint density at radius 2 is 2.08 bits per heavy atom. The Hall–Kier alpha value is -0.260. The zero-order valence-electron chi connectivity index (χ0n) is 8.73. The van der Waals surface area contributed by atoms with E-state index in [1.54, 1.807) is 5.57 Å². The summed E-state index contributed by atoms with van der Waals surface area (Å²) in [6, 6.07) is 0. The Kier molecular flexibility index (Phi) is 1.38. The van der Waals surface area contributed by atoms with Crippen molar-refractivity contribution in [1.82, 2.24) is 0 Å². The molecule has 0 nitrogen and oxygen atoms in total. The van der Waals surface area contributed by atoms with E-state index in [4.69, 9.17) is 0 Å². The Labute approximate surface area is 81.4 Å². The van der Waals surface area contributed by atoms with Gasteiger partial charge in [-0.1, -0.05) is 25.5 Å². The molecule has 3 saturated carbocycles. The minimum Gasteiger partial charge on any atom is -0.0993 e. The van der Waals surface area contributed by atoms with Crippen LogP contribution in [0.4, 0.5) is 0 Å². The van der Waals surface area contributed by atoms with Crippen molar-refractivity contribution in [3.8, 4) is 0 Å². The van der Waals surface area contributed by atoms with Crippen LogP contribution in [0.25, 0.3) is 0 Å². The summed E-state index contributed by atoms with van der Waals surface area (Å²) in [7, 11) is 0. The van der Waals surface area contributed by atoms with E-state index in [0.717, 1.165) is 11.3 Å². The average molecular weight is 176 g/mol. The lowest BCUT2D eigenvalue weighted by atomic mass is 9.66. The fraction of sp³-hybridized carbons (Fsp3) is 0.846. The van der Waals surface area contributed by atoms with Gasteiger partial charge in [-0.3, -0.25) is 0 Å². The lowest BCUT2D eigenvalue weighted by molar-refractivity contribution is 0.151. The topological polar surface area (TPSA) is 0 Å². The zero-order chi connectivity index (χ0) is 9.10. The lowest BCUT2D eigenvalue weighted by Gasteiger charge is -2.38. The van der Waals surface area contributed by atoms with Crippen LogP contribution in [0, 0.1) is 16.7 Å². The maximum absolute atomic E-state index is 4.38. The van der Waals surface area contributed by atoms with Crippen molar-refractivity contribution in [3.05, 3.63) is 12.2 Å². The highest BCUT2D eigenvalue weighted by Gasteiger charge is 2.64. The van der Waals surface area contributed by atoms with Gasteiger partial charge in [-0.2, -0.15) is 0 Å². The van der Waals surface area contributed by atoms with Gasteiger partial charge in [0.25, 0.3) is 0 Å². The van der Waals surface area contributed by atoms with Crippen molar-refractivity contribution < 1.29 is 0 Å². The lowest BCUT2D eigenvalue weighted by Crippen LogP contribution is -2.31. The summed E-state index contributed by atoms with van der Waals surface area (Å²) in [6.07, 6.45) is 10.2. The molecule has 0 aliphatic heterocycles. The molecule has 0 aromatic rings. The number of rotatable bonds is 0. The predicted octanol–water partition coefficient (Wildman–Crippen LogP) is 3.92. The molecule has 3 atom stereocenters. The molecular weight excluding hydrogens is 156 g/mol. The third kappa shape index (κ3) is 0.671. The molecule has 13 heavy (non-hydrogen) atoms. The van der Waals surface area contributed by atoms with Gasteiger partial charge in [-0.15, -0.1) is 0 Å². The molecule has 0 amide bonds. The van der Waals surface area contributed by atoms with Gasteiger partial charge in [0, 0.05) is 0 Å². The van der Waals surface area contributed by atoms with Gasteiger partial charge < -0.3 is 0 Å². The quantitative estimate of drug-likeness (QED) is 0.491. The van der Waals surface area contributed by atoms with E-state index in [9.17, 15) is 0 Å². The largest absolute Gasteiger partial charge is 0.0993 e. The van der Waals surface area contributed by atoms with Crippen molar-refractivity contribution >= 4 is 0 Å². The molecule has 3 aliphatic carbocycles. The van der Waals surface area contributed by atoms with Crippen LogP contribution in [-0.4, -0.2) is 0 Å². The van der Waals surface area contributed by atoms with Gasteiger partial charge in [0.2, 0.25) is 0 Å². The van der Waals surface area contributed by atoms with Crippen molar-refractivity contribution in [2.24, 2.45) is 16.7 Å². The van der Waals surface area contributed by atoms with Gasteiger partial charge in [0.05, 0.1) is 0 Å². The summed E-state index contributed by atoms with van der Waals surface area (Å²) < 4.78 is 0. The Morgan fingerprint density at radius 1 is 1.23 bits per heavy atom. The Morgan fingerprint density at radius 3 is 2.85 bits per heavy atom. The molecule has 0 spiro atoms. The summed E-state index contributed by atoms with van der Waals surface area (Å²) in [4.78, 5) is 0. The molecule has 3 rings (SSSR count). The first-order valence-electron chi connectivity index (χ1n) is 5.90. The monoisotopic (exact) mass is 176 g/mol. The summed E-state index contributed by atoms with van der Waals surface area (Å²) in [5.74, 6) is 0.935. The molecule has 72 valence electrons. The second-order valence-electron chi connectivity index (χ2n) is 5.65. The smallest absolute Gasteiger partial charge is 0.000870 e. The minimum atomic E-state index is 0.618. The van der Waals surface area contributed by atoms with E-state index in [1.807, 2.05) is 0 Å². The van der Waals surface area contributed by atoms with Crippen LogP contribution in [0.5, 0.6) is 0 Å². The molecule has 0 aromatic heterocycles. The van der Waals surface area contributed by atoms with Crippen molar-refractivity contribution in [2.75, 3.05) is 0 Å². The molecule has 3 fully saturated rings. The number of allylic oxidation sites excluding steroid dienone is 1. The van der Waals surface area contributed by atoms with Gasteiger partial charge in [-0.25, -0.2) is 0 Å². The molecular formula is C13H20. The first-order valence-corrected chi connectivity index (χ1v) is 5.90. The highest BCUT2D eigenvalue weighted by atomic mass is 14.7. The minimum absolute atomic E-state index is 0.618. The second kappa shape index (κ2) is 2.21. The third-order valence-electron chi connectivity index (χ3n) is 5.61. The number of hydrogen-bond donors (Lipinski definition) is 0. The van der Waals surface area contributed by atoms with Crippen LogP contribution in [-0.2, 0) is 0 Å². The summed E-state index contributed by atoms with van der Waals surface area (Å²) in [5.41, 5.74) is 2.98. The second-order valence-corrected chi connectivity index (χ2v) is 5.65. The van der Waals surface area contributed by atoms with Gasteiger partial charge in [-0.05, 0) is 55.3 Å². The standard InChI is InChI=1S/C13H20/c1-10-4-8-12-6-3-7-13(10,12)11(2)5-9-12/h11H,1,3-9H2,2H3/t11-,12+,13+/m1/s1. The zero-order valence-corrected chi connectivity index (χ0v) is 8.73. The number of hydrogen-bond acceptors (Lipinski definition) is 0. The first-order chi connectivity index (χ1) is 6.21. The fourth-order valence-electron chi connectivity index (χ4n) is 5.04. The van der Waals surface area contributed by atoms with E-state index < -0.39 is 0 Å². The van der Waals surface area contributed by atoms with Crippen molar-refractivity contribution in [3.63, 3.8) is 0 Å². The molecule has 3 aliphatic rings. The fourth-order valence-corrected chi connectivity index (χ4v) is 5.04. The Bertz CT molecular complexity index is 265. The van der Waals surface area contributed by atoms with Crippen molar-refractivity contribution in [1.29, 1.82) is 0 Å². The molecule has 0 bridgehead atoms. The van der Waals surface area contributed by atoms with Crippen LogP contribution >= 0.6 is 0 Å². The highest BCUT2D eigenvalue weighted by Crippen LogP contribution is 2.74. The molecule has 0 N–H and O–H groups in total. The van der Waals surface area contributed by atoms with Gasteiger partial charge in [0.15, 0.2) is 0 Å². The van der Waals surface area contributed by atoms with Gasteiger partial charge >= 0.3 is 0 Å². The van der Waals surface area contributed by atoms with E-state index >= 15 is 0 Å². The molecule has 0 heterocycles.